The Balaban J connectivity index is 3.02. The number of carbonyl (C=O) groups excluding carboxylic acids is 2. The van der Waals surface area contributed by atoms with Gasteiger partial charge in [0.15, 0.2) is 6.10 Å². The first-order valence-corrected chi connectivity index (χ1v) is 7.15. The number of ether oxygens (including phenoxy) is 3. The monoisotopic (exact) mass is 332 g/mol. The van der Waals surface area contributed by atoms with Gasteiger partial charge in [0.1, 0.15) is 23.9 Å². The number of hydrogen-bond donors (Lipinski definition) is 3. The highest BCUT2D eigenvalue weighted by atomic mass is 16.6. The lowest BCUT2D eigenvalue weighted by atomic mass is 9.93. The Kier molecular flexibility index (Phi) is 7.43. The van der Waals surface area contributed by atoms with Crippen molar-refractivity contribution in [2.45, 2.75) is 44.3 Å². The van der Waals surface area contributed by atoms with E-state index in [1.54, 1.807) is 6.92 Å². The van der Waals surface area contributed by atoms with Gasteiger partial charge in [-0.2, -0.15) is 0 Å². The van der Waals surface area contributed by atoms with Crippen molar-refractivity contribution in [2.75, 3.05) is 20.3 Å². The number of aliphatic hydroxyl groups excluding tert-OH is 2. The molecule has 0 aromatic rings. The second kappa shape index (κ2) is 8.82. The molecule has 0 spiro atoms. The molecule has 0 aliphatic carbocycles. The third kappa shape index (κ3) is 5.17. The average molecular weight is 332 g/mol. The van der Waals surface area contributed by atoms with Crippen molar-refractivity contribution in [1.82, 2.24) is 5.32 Å². The molecule has 9 heteroatoms. The third-order valence-corrected chi connectivity index (χ3v) is 3.38. The van der Waals surface area contributed by atoms with Gasteiger partial charge in [-0.25, -0.2) is 0 Å². The van der Waals surface area contributed by atoms with E-state index >= 15 is 0 Å². The molecule has 132 valence electrons. The van der Waals surface area contributed by atoms with E-state index in [1.807, 2.05) is 0 Å². The van der Waals surface area contributed by atoms with Gasteiger partial charge in [-0.1, -0.05) is 0 Å². The standard InChI is InChI=1S/C14H23NO8/c1-4-22-6-10(21-3)12(18)13-11(15-7(2)16)8(17)5-9(23-13)14(19)20/h5,8,10-13,17-18H,4,6H2,1-3H3,(H,15,16)(H,19,20)/p-1/t8?,10-,11-,12-,13?/m1/s1. The molecule has 0 aromatic carbocycles. The zero-order valence-corrected chi connectivity index (χ0v) is 13.2. The SMILES string of the molecule is CCOC[C@@H](OC)[C@@H](O)C1OC(C(=O)[O-])=CC(O)[C@H]1NC(C)=O. The number of carboxylic acids is 1. The number of rotatable bonds is 8. The van der Waals surface area contributed by atoms with Crippen molar-refractivity contribution in [3.05, 3.63) is 11.8 Å². The Morgan fingerprint density at radius 1 is 1.52 bits per heavy atom. The highest BCUT2D eigenvalue weighted by Crippen LogP contribution is 2.23. The van der Waals surface area contributed by atoms with Gasteiger partial charge in [-0.05, 0) is 13.0 Å². The van der Waals surface area contributed by atoms with Gasteiger partial charge in [-0.15, -0.1) is 0 Å². The Morgan fingerprint density at radius 2 is 2.17 bits per heavy atom. The Labute approximate surface area is 133 Å². The molecule has 3 N–H and O–H groups in total. The van der Waals surface area contributed by atoms with Crippen molar-refractivity contribution >= 4 is 11.9 Å². The summed E-state index contributed by atoms with van der Waals surface area (Å²) in [6.07, 6.45) is -3.92. The number of carbonyl (C=O) groups is 2. The highest BCUT2D eigenvalue weighted by Gasteiger charge is 2.42. The number of hydrogen-bond acceptors (Lipinski definition) is 8. The fourth-order valence-electron chi connectivity index (χ4n) is 2.26. The van der Waals surface area contributed by atoms with E-state index in [0.717, 1.165) is 6.08 Å². The molecule has 1 amide bonds. The molecule has 9 nitrogen and oxygen atoms in total. The lowest BCUT2D eigenvalue weighted by Gasteiger charge is -2.39. The molecule has 0 saturated heterocycles. The Hall–Kier alpha value is -1.68. The molecular weight excluding hydrogens is 310 g/mol. The Morgan fingerprint density at radius 3 is 2.65 bits per heavy atom. The molecule has 1 aliphatic heterocycles. The van der Waals surface area contributed by atoms with E-state index in [4.69, 9.17) is 14.2 Å². The maximum absolute atomic E-state index is 11.3. The largest absolute Gasteiger partial charge is 0.542 e. The first-order chi connectivity index (χ1) is 10.8. The fraction of sp³-hybridized carbons (Fsp3) is 0.714. The fourth-order valence-corrected chi connectivity index (χ4v) is 2.26. The van der Waals surface area contributed by atoms with Gasteiger partial charge >= 0.3 is 0 Å². The summed E-state index contributed by atoms with van der Waals surface area (Å²) in [6, 6.07) is -1.05. The lowest BCUT2D eigenvalue weighted by Crippen LogP contribution is -2.60. The Bertz CT molecular complexity index is 452. The van der Waals surface area contributed by atoms with Gasteiger partial charge in [0.2, 0.25) is 5.91 Å². The van der Waals surface area contributed by atoms with Crippen LogP contribution in [0.4, 0.5) is 0 Å². The molecule has 0 fully saturated rings. The number of carboxylic acid groups (broad SMARTS) is 1. The van der Waals surface area contributed by atoms with Crippen LogP contribution in [0.1, 0.15) is 13.8 Å². The number of aliphatic carboxylic acids is 1. The van der Waals surface area contributed by atoms with Crippen molar-refractivity contribution in [1.29, 1.82) is 0 Å². The number of amides is 1. The van der Waals surface area contributed by atoms with Crippen LogP contribution >= 0.6 is 0 Å². The molecule has 23 heavy (non-hydrogen) atoms. The van der Waals surface area contributed by atoms with E-state index in [2.05, 4.69) is 5.32 Å². The first kappa shape index (κ1) is 19.4. The molecular formula is C14H22NO8-. The highest BCUT2D eigenvalue weighted by molar-refractivity contribution is 5.82. The van der Waals surface area contributed by atoms with Crippen LogP contribution in [0.25, 0.3) is 0 Å². The van der Waals surface area contributed by atoms with E-state index in [0.29, 0.717) is 6.61 Å². The van der Waals surface area contributed by atoms with Crippen LogP contribution in [-0.2, 0) is 23.8 Å². The van der Waals surface area contributed by atoms with E-state index < -0.39 is 48.1 Å². The molecule has 2 unspecified atom stereocenters. The summed E-state index contributed by atoms with van der Waals surface area (Å²) in [5.41, 5.74) is 0. The molecule has 1 aliphatic rings. The summed E-state index contributed by atoms with van der Waals surface area (Å²) in [5, 5.41) is 33.9. The minimum absolute atomic E-state index is 0.0290. The predicted octanol–water partition coefficient (Wildman–Crippen LogP) is -2.70. The van der Waals surface area contributed by atoms with Crippen molar-refractivity contribution in [3.8, 4) is 0 Å². The van der Waals surface area contributed by atoms with Gasteiger partial charge in [0, 0.05) is 20.6 Å². The van der Waals surface area contributed by atoms with Crippen LogP contribution in [0, 0.1) is 0 Å². The quantitative estimate of drug-likeness (QED) is 0.436. The summed E-state index contributed by atoms with van der Waals surface area (Å²) in [7, 11) is 1.34. The molecule has 0 saturated carbocycles. The summed E-state index contributed by atoms with van der Waals surface area (Å²) in [6.45, 7) is 3.40. The summed E-state index contributed by atoms with van der Waals surface area (Å²) in [4.78, 5) is 22.3. The minimum Gasteiger partial charge on any atom is -0.542 e. The molecule has 1 heterocycles. The number of methoxy groups -OCH3 is 1. The van der Waals surface area contributed by atoms with Crippen molar-refractivity contribution in [3.63, 3.8) is 0 Å². The van der Waals surface area contributed by atoms with Crippen LogP contribution < -0.4 is 10.4 Å². The zero-order valence-electron chi connectivity index (χ0n) is 13.2. The van der Waals surface area contributed by atoms with E-state index in [-0.39, 0.29) is 6.61 Å². The van der Waals surface area contributed by atoms with Crippen LogP contribution in [0.5, 0.6) is 0 Å². The zero-order chi connectivity index (χ0) is 17.6. The minimum atomic E-state index is -1.64. The van der Waals surface area contributed by atoms with Crippen molar-refractivity contribution < 1.29 is 39.1 Å². The predicted molar refractivity (Wildman–Crippen MR) is 74.9 cm³/mol. The van der Waals surface area contributed by atoms with E-state index in [1.165, 1.54) is 14.0 Å². The number of nitrogens with one attached hydrogen (secondary N) is 1. The average Bonchev–Trinajstić information content (AvgIpc) is 2.48. The van der Waals surface area contributed by atoms with Crippen LogP contribution in [0.2, 0.25) is 0 Å². The molecule has 0 radical (unpaired) electrons. The second-order valence-electron chi connectivity index (χ2n) is 5.04. The van der Waals surface area contributed by atoms with Gasteiger partial charge in [0.25, 0.3) is 0 Å². The van der Waals surface area contributed by atoms with Gasteiger partial charge in [0.05, 0.1) is 18.8 Å². The smallest absolute Gasteiger partial charge is 0.217 e. The van der Waals surface area contributed by atoms with Crippen LogP contribution in [0.3, 0.4) is 0 Å². The molecule has 0 aromatic heterocycles. The van der Waals surface area contributed by atoms with Crippen molar-refractivity contribution in [2.24, 2.45) is 0 Å². The summed E-state index contributed by atoms with van der Waals surface area (Å²) < 4.78 is 15.5. The lowest BCUT2D eigenvalue weighted by molar-refractivity contribution is -0.305. The summed E-state index contributed by atoms with van der Waals surface area (Å²) >= 11 is 0. The topological polar surface area (TPSA) is 137 Å². The normalized spacial score (nSPS) is 26.7. The maximum atomic E-state index is 11.3. The van der Waals surface area contributed by atoms with Crippen LogP contribution in [0.15, 0.2) is 11.8 Å². The van der Waals surface area contributed by atoms with Gasteiger partial charge < -0.3 is 39.6 Å². The summed E-state index contributed by atoms with van der Waals surface area (Å²) in [5.74, 6) is -2.73. The van der Waals surface area contributed by atoms with Crippen LogP contribution in [-0.4, -0.2) is 72.9 Å². The van der Waals surface area contributed by atoms with Gasteiger partial charge in [-0.3, -0.25) is 4.79 Å². The van der Waals surface area contributed by atoms with E-state index in [9.17, 15) is 24.9 Å². The third-order valence-electron chi connectivity index (χ3n) is 3.38. The maximum Gasteiger partial charge on any atom is 0.217 e. The molecule has 0 bridgehead atoms. The second-order valence-corrected chi connectivity index (χ2v) is 5.04. The molecule has 5 atom stereocenters. The first-order valence-electron chi connectivity index (χ1n) is 7.15. The molecule has 1 rings (SSSR count). The number of aliphatic hydroxyl groups is 2.